The normalized spacial score (nSPS) is 31.7. The zero-order valence-corrected chi connectivity index (χ0v) is 9.50. The molecule has 1 fully saturated rings. The van der Waals surface area contributed by atoms with Crippen molar-refractivity contribution in [3.05, 3.63) is 0 Å². The first-order valence-corrected chi connectivity index (χ1v) is 5.32. The second-order valence-electron chi connectivity index (χ2n) is 5.36. The molecule has 1 amide bonds. The Hall–Kier alpha value is -0.570. The van der Waals surface area contributed by atoms with Gasteiger partial charge in [-0.15, -0.1) is 0 Å². The molecule has 0 radical (unpaired) electrons. The second-order valence-corrected chi connectivity index (χ2v) is 5.36. The highest BCUT2D eigenvalue weighted by molar-refractivity contribution is 5.83. The van der Waals surface area contributed by atoms with E-state index in [0.29, 0.717) is 12.3 Å². The molecule has 82 valence electrons. The van der Waals surface area contributed by atoms with Crippen molar-refractivity contribution in [1.29, 1.82) is 0 Å². The van der Waals surface area contributed by atoms with Crippen LogP contribution in [0.15, 0.2) is 0 Å². The van der Waals surface area contributed by atoms with E-state index in [1.165, 1.54) is 0 Å². The van der Waals surface area contributed by atoms with Crippen LogP contribution in [-0.2, 0) is 4.79 Å². The summed E-state index contributed by atoms with van der Waals surface area (Å²) in [5.74, 6) is 0.560. The van der Waals surface area contributed by atoms with Gasteiger partial charge in [0.25, 0.3) is 0 Å². The minimum atomic E-state index is -0.424. The van der Waals surface area contributed by atoms with Crippen molar-refractivity contribution in [3.8, 4) is 0 Å². The minimum Gasteiger partial charge on any atom is -0.391 e. The number of rotatable bonds is 2. The van der Waals surface area contributed by atoms with Crippen molar-refractivity contribution in [3.63, 3.8) is 0 Å². The summed E-state index contributed by atoms with van der Waals surface area (Å²) in [6.45, 7) is 7.94. The number of amides is 1. The van der Waals surface area contributed by atoms with Crippen LogP contribution >= 0.6 is 0 Å². The Morgan fingerprint density at radius 2 is 2.14 bits per heavy atom. The van der Waals surface area contributed by atoms with Gasteiger partial charge in [-0.3, -0.25) is 4.79 Å². The molecule has 0 aromatic heterocycles. The summed E-state index contributed by atoms with van der Waals surface area (Å²) in [6.07, 6.45) is 1.02. The van der Waals surface area contributed by atoms with Gasteiger partial charge in [-0.25, -0.2) is 0 Å². The van der Waals surface area contributed by atoms with Crippen LogP contribution in [0.25, 0.3) is 0 Å². The molecular weight excluding hydrogens is 178 g/mol. The molecule has 1 rings (SSSR count). The zero-order valence-electron chi connectivity index (χ0n) is 9.50. The van der Waals surface area contributed by atoms with Crippen molar-refractivity contribution in [2.45, 2.75) is 52.7 Å². The number of aliphatic hydroxyl groups excluding tert-OH is 1. The van der Waals surface area contributed by atoms with E-state index in [-0.39, 0.29) is 11.9 Å². The van der Waals surface area contributed by atoms with Crippen molar-refractivity contribution < 1.29 is 9.90 Å². The average molecular weight is 199 g/mol. The molecule has 0 aromatic rings. The highest BCUT2D eigenvalue weighted by Gasteiger charge is 2.39. The summed E-state index contributed by atoms with van der Waals surface area (Å²) in [4.78, 5) is 11.6. The monoisotopic (exact) mass is 199 g/mol. The van der Waals surface area contributed by atoms with Gasteiger partial charge in [-0.1, -0.05) is 27.7 Å². The van der Waals surface area contributed by atoms with E-state index >= 15 is 0 Å². The van der Waals surface area contributed by atoms with Crippen molar-refractivity contribution in [2.75, 3.05) is 0 Å². The third-order valence-electron chi connectivity index (χ3n) is 2.84. The topological polar surface area (TPSA) is 49.3 Å². The summed E-state index contributed by atoms with van der Waals surface area (Å²) in [6, 6.07) is -0.0597. The highest BCUT2D eigenvalue weighted by Crippen LogP contribution is 2.29. The van der Waals surface area contributed by atoms with Crippen LogP contribution in [0.1, 0.15) is 40.5 Å². The van der Waals surface area contributed by atoms with Crippen molar-refractivity contribution in [2.24, 2.45) is 11.3 Å². The van der Waals surface area contributed by atoms with Crippen LogP contribution in [0.4, 0.5) is 0 Å². The standard InChI is InChI=1S/C11H21NO2/c1-7(2)5-8-9(13)6-11(3,4)10(14)12-8/h7-9,13H,5-6H2,1-4H3,(H,12,14). The maximum Gasteiger partial charge on any atom is 0.226 e. The van der Waals surface area contributed by atoms with Gasteiger partial charge in [0.2, 0.25) is 5.91 Å². The van der Waals surface area contributed by atoms with E-state index in [1.54, 1.807) is 0 Å². The summed E-state index contributed by atoms with van der Waals surface area (Å²) in [5, 5.41) is 12.8. The number of nitrogens with one attached hydrogen (secondary N) is 1. The first kappa shape index (κ1) is 11.5. The predicted octanol–water partition coefficient (Wildman–Crippen LogP) is 1.31. The number of carbonyl (C=O) groups is 1. The molecule has 1 aliphatic rings. The van der Waals surface area contributed by atoms with E-state index in [1.807, 2.05) is 13.8 Å². The number of aliphatic hydroxyl groups is 1. The molecule has 3 nitrogen and oxygen atoms in total. The van der Waals surface area contributed by atoms with E-state index in [2.05, 4.69) is 19.2 Å². The zero-order chi connectivity index (χ0) is 10.9. The average Bonchev–Trinajstić information content (AvgIpc) is 1.98. The third kappa shape index (κ3) is 2.47. The van der Waals surface area contributed by atoms with Gasteiger partial charge in [0.1, 0.15) is 0 Å². The SMILES string of the molecule is CC(C)CC1NC(=O)C(C)(C)CC1O. The lowest BCUT2D eigenvalue weighted by atomic mass is 9.78. The molecule has 0 saturated carbocycles. The van der Waals surface area contributed by atoms with E-state index in [0.717, 1.165) is 6.42 Å². The summed E-state index contributed by atoms with van der Waals surface area (Å²) in [7, 11) is 0. The molecule has 14 heavy (non-hydrogen) atoms. The molecule has 0 bridgehead atoms. The maximum absolute atomic E-state index is 11.6. The van der Waals surface area contributed by atoms with Gasteiger partial charge < -0.3 is 10.4 Å². The minimum absolute atomic E-state index is 0.0597. The largest absolute Gasteiger partial charge is 0.391 e. The Balaban J connectivity index is 2.62. The highest BCUT2D eigenvalue weighted by atomic mass is 16.3. The molecule has 0 aromatic carbocycles. The molecule has 2 N–H and O–H groups in total. The fourth-order valence-electron chi connectivity index (χ4n) is 1.94. The molecule has 1 aliphatic heterocycles. The quantitative estimate of drug-likeness (QED) is 0.704. The Morgan fingerprint density at radius 1 is 1.57 bits per heavy atom. The van der Waals surface area contributed by atoms with Crippen LogP contribution in [0.2, 0.25) is 0 Å². The Bertz CT molecular complexity index is 223. The molecular formula is C11H21NO2. The van der Waals surface area contributed by atoms with E-state index in [4.69, 9.17) is 0 Å². The van der Waals surface area contributed by atoms with Gasteiger partial charge in [0, 0.05) is 5.41 Å². The third-order valence-corrected chi connectivity index (χ3v) is 2.84. The summed E-state index contributed by atoms with van der Waals surface area (Å²) < 4.78 is 0. The number of piperidine rings is 1. The Kier molecular flexibility index (Phi) is 3.20. The van der Waals surface area contributed by atoms with Gasteiger partial charge in [-0.2, -0.15) is 0 Å². The molecule has 2 atom stereocenters. The maximum atomic E-state index is 11.6. The lowest BCUT2D eigenvalue weighted by molar-refractivity contribution is -0.137. The smallest absolute Gasteiger partial charge is 0.226 e. The van der Waals surface area contributed by atoms with Crippen molar-refractivity contribution >= 4 is 5.91 Å². The first-order chi connectivity index (χ1) is 6.33. The van der Waals surface area contributed by atoms with Crippen LogP contribution in [0.3, 0.4) is 0 Å². The Morgan fingerprint density at radius 3 is 2.64 bits per heavy atom. The molecule has 3 heteroatoms. The van der Waals surface area contributed by atoms with Gasteiger partial charge in [-0.05, 0) is 18.8 Å². The summed E-state index contributed by atoms with van der Waals surface area (Å²) >= 11 is 0. The lowest BCUT2D eigenvalue weighted by Gasteiger charge is -2.38. The number of hydrogen-bond donors (Lipinski definition) is 2. The molecule has 1 heterocycles. The predicted molar refractivity (Wildman–Crippen MR) is 55.8 cm³/mol. The molecule has 1 saturated heterocycles. The van der Waals surface area contributed by atoms with E-state index in [9.17, 15) is 9.90 Å². The summed E-state index contributed by atoms with van der Waals surface area (Å²) in [5.41, 5.74) is -0.424. The molecule has 0 aliphatic carbocycles. The second kappa shape index (κ2) is 3.89. The van der Waals surface area contributed by atoms with Crippen LogP contribution in [0.5, 0.6) is 0 Å². The Labute approximate surface area is 85.9 Å². The van der Waals surface area contributed by atoms with Gasteiger partial charge in [0.05, 0.1) is 12.1 Å². The fourth-order valence-corrected chi connectivity index (χ4v) is 1.94. The van der Waals surface area contributed by atoms with E-state index < -0.39 is 11.5 Å². The first-order valence-electron chi connectivity index (χ1n) is 5.32. The van der Waals surface area contributed by atoms with Gasteiger partial charge in [0.15, 0.2) is 0 Å². The molecule has 0 spiro atoms. The number of hydrogen-bond acceptors (Lipinski definition) is 2. The fraction of sp³-hybridized carbons (Fsp3) is 0.909. The van der Waals surface area contributed by atoms with Crippen molar-refractivity contribution in [1.82, 2.24) is 5.32 Å². The van der Waals surface area contributed by atoms with Crippen LogP contribution in [-0.4, -0.2) is 23.2 Å². The molecule has 2 unspecified atom stereocenters. The van der Waals surface area contributed by atoms with Crippen LogP contribution < -0.4 is 5.32 Å². The van der Waals surface area contributed by atoms with Gasteiger partial charge >= 0.3 is 0 Å². The number of carbonyl (C=O) groups excluding carboxylic acids is 1. The lowest BCUT2D eigenvalue weighted by Crippen LogP contribution is -2.56. The van der Waals surface area contributed by atoms with Crippen LogP contribution in [0, 0.1) is 11.3 Å².